The predicted molar refractivity (Wildman–Crippen MR) is 125 cm³/mol. The first-order chi connectivity index (χ1) is 15.0. The van der Waals surface area contributed by atoms with E-state index in [2.05, 4.69) is 10.2 Å². The lowest BCUT2D eigenvalue weighted by atomic mass is 10.1. The molecule has 0 bridgehead atoms. The van der Waals surface area contributed by atoms with Crippen LogP contribution in [0.1, 0.15) is 35.2 Å². The summed E-state index contributed by atoms with van der Waals surface area (Å²) in [5.41, 5.74) is 10.1. The first-order valence-electron chi connectivity index (χ1n) is 11.1. The largest absolute Gasteiger partial charge is 0.399 e. The minimum atomic E-state index is -0.0922. The van der Waals surface area contributed by atoms with E-state index in [1.807, 2.05) is 53.1 Å². The fourth-order valence-electron chi connectivity index (χ4n) is 4.26. The van der Waals surface area contributed by atoms with Crippen molar-refractivity contribution >= 4 is 29.0 Å². The van der Waals surface area contributed by atoms with Crippen LogP contribution in [0, 0.1) is 6.92 Å². The number of nitrogens with two attached hydrogens (primary N) is 1. The van der Waals surface area contributed by atoms with Crippen molar-refractivity contribution in [2.45, 2.75) is 26.2 Å². The Bertz CT molecular complexity index is 929. The van der Waals surface area contributed by atoms with E-state index >= 15 is 0 Å². The Hall–Kier alpha value is -3.22. The number of aryl methyl sites for hydroxylation is 1. The van der Waals surface area contributed by atoms with E-state index in [-0.39, 0.29) is 11.9 Å². The number of benzene rings is 2. The average molecular weight is 422 g/mol. The number of nitrogen functional groups attached to an aromatic ring is 1. The third kappa shape index (κ3) is 4.93. The van der Waals surface area contributed by atoms with Crippen LogP contribution in [0.4, 0.5) is 21.9 Å². The second-order valence-electron chi connectivity index (χ2n) is 8.40. The molecule has 0 atom stereocenters. The first-order valence-corrected chi connectivity index (χ1v) is 11.1. The molecule has 4 rings (SSSR count). The standard InChI is InChI=1S/C24H31N5O2/c1-18-5-8-20(9-6-18)26-24(31)29-15-13-27(14-16-29)22-10-7-19(25)17-21(22)23(30)28-11-3-2-4-12-28/h5-10,17H,2-4,11-16,25H2,1H3,(H,26,31). The third-order valence-corrected chi connectivity index (χ3v) is 6.10. The van der Waals surface area contributed by atoms with Crippen molar-refractivity contribution in [2.24, 2.45) is 0 Å². The highest BCUT2D eigenvalue weighted by Crippen LogP contribution is 2.27. The van der Waals surface area contributed by atoms with Gasteiger partial charge >= 0.3 is 6.03 Å². The van der Waals surface area contributed by atoms with Crippen LogP contribution < -0.4 is 16.0 Å². The highest BCUT2D eigenvalue weighted by atomic mass is 16.2. The first kappa shape index (κ1) is 21.0. The smallest absolute Gasteiger partial charge is 0.321 e. The summed E-state index contributed by atoms with van der Waals surface area (Å²) in [5, 5.41) is 2.96. The number of hydrogen-bond acceptors (Lipinski definition) is 4. The topological polar surface area (TPSA) is 81.9 Å². The molecule has 0 radical (unpaired) electrons. The number of hydrogen-bond donors (Lipinski definition) is 2. The summed E-state index contributed by atoms with van der Waals surface area (Å²) in [7, 11) is 0. The molecule has 2 aliphatic rings. The van der Waals surface area contributed by atoms with Crippen LogP contribution in [0.15, 0.2) is 42.5 Å². The van der Waals surface area contributed by atoms with Gasteiger partial charge in [0.2, 0.25) is 0 Å². The van der Waals surface area contributed by atoms with Crippen LogP contribution in [0.2, 0.25) is 0 Å². The van der Waals surface area contributed by atoms with E-state index in [0.717, 1.165) is 42.9 Å². The summed E-state index contributed by atoms with van der Waals surface area (Å²) in [6, 6.07) is 13.3. The summed E-state index contributed by atoms with van der Waals surface area (Å²) >= 11 is 0. The molecule has 0 aromatic heterocycles. The number of likely N-dealkylation sites (tertiary alicyclic amines) is 1. The van der Waals surface area contributed by atoms with Crippen LogP contribution in [0.3, 0.4) is 0 Å². The fourth-order valence-corrected chi connectivity index (χ4v) is 4.26. The van der Waals surface area contributed by atoms with Crippen LogP contribution in [-0.4, -0.2) is 61.0 Å². The van der Waals surface area contributed by atoms with E-state index in [1.54, 1.807) is 6.07 Å². The minimum Gasteiger partial charge on any atom is -0.399 e. The van der Waals surface area contributed by atoms with Gasteiger partial charge in [0.15, 0.2) is 0 Å². The molecule has 2 saturated heterocycles. The molecule has 2 heterocycles. The number of piperazine rings is 1. The molecular weight excluding hydrogens is 390 g/mol. The predicted octanol–water partition coefficient (Wildman–Crippen LogP) is 3.56. The Labute approximate surface area is 183 Å². The van der Waals surface area contributed by atoms with Gasteiger partial charge in [-0.3, -0.25) is 4.79 Å². The Morgan fingerprint density at radius 3 is 2.19 bits per heavy atom. The van der Waals surface area contributed by atoms with Gasteiger partial charge in [0, 0.05) is 56.3 Å². The van der Waals surface area contributed by atoms with Crippen molar-refractivity contribution in [1.82, 2.24) is 9.80 Å². The van der Waals surface area contributed by atoms with Crippen LogP contribution >= 0.6 is 0 Å². The number of piperidine rings is 1. The summed E-state index contributed by atoms with van der Waals surface area (Å²) in [6.07, 6.45) is 3.29. The number of carbonyl (C=O) groups excluding carboxylic acids is 2. The molecule has 2 aliphatic heterocycles. The van der Waals surface area contributed by atoms with Crippen molar-refractivity contribution < 1.29 is 9.59 Å². The van der Waals surface area contributed by atoms with Gasteiger partial charge < -0.3 is 25.8 Å². The number of nitrogens with one attached hydrogen (secondary N) is 1. The zero-order chi connectivity index (χ0) is 21.8. The molecule has 0 saturated carbocycles. The van der Waals surface area contributed by atoms with Gasteiger partial charge in [-0.1, -0.05) is 17.7 Å². The molecule has 2 aromatic carbocycles. The lowest BCUT2D eigenvalue weighted by Gasteiger charge is -2.37. The molecule has 7 heteroatoms. The zero-order valence-corrected chi connectivity index (χ0v) is 18.1. The van der Waals surface area contributed by atoms with E-state index in [4.69, 9.17) is 5.73 Å². The van der Waals surface area contributed by atoms with Gasteiger partial charge in [-0.15, -0.1) is 0 Å². The summed E-state index contributed by atoms with van der Waals surface area (Å²) in [5.74, 6) is 0.0570. The Balaban J connectivity index is 1.42. The molecule has 2 aromatic rings. The molecule has 0 aliphatic carbocycles. The molecule has 0 unspecified atom stereocenters. The Morgan fingerprint density at radius 2 is 1.52 bits per heavy atom. The maximum Gasteiger partial charge on any atom is 0.321 e. The highest BCUT2D eigenvalue weighted by molar-refractivity contribution is 6.01. The molecular formula is C24H31N5O2. The molecule has 3 amide bonds. The van der Waals surface area contributed by atoms with Crippen molar-refractivity contribution in [1.29, 1.82) is 0 Å². The number of rotatable bonds is 3. The molecule has 0 spiro atoms. The molecule has 7 nitrogen and oxygen atoms in total. The van der Waals surface area contributed by atoms with E-state index in [0.29, 0.717) is 37.4 Å². The van der Waals surface area contributed by atoms with Crippen molar-refractivity contribution in [3.05, 3.63) is 53.6 Å². The van der Waals surface area contributed by atoms with Gasteiger partial charge in [0.1, 0.15) is 0 Å². The van der Waals surface area contributed by atoms with Gasteiger partial charge in [-0.05, 0) is 56.5 Å². The van der Waals surface area contributed by atoms with Crippen LogP contribution in [0.5, 0.6) is 0 Å². The summed E-state index contributed by atoms with van der Waals surface area (Å²) < 4.78 is 0. The van der Waals surface area contributed by atoms with Crippen LogP contribution in [0.25, 0.3) is 0 Å². The molecule has 2 fully saturated rings. The normalized spacial score (nSPS) is 16.9. The van der Waals surface area contributed by atoms with Gasteiger partial charge in [-0.25, -0.2) is 4.79 Å². The number of anilines is 3. The average Bonchev–Trinajstić information content (AvgIpc) is 2.81. The third-order valence-electron chi connectivity index (χ3n) is 6.10. The Kier molecular flexibility index (Phi) is 6.30. The highest BCUT2D eigenvalue weighted by Gasteiger charge is 2.26. The summed E-state index contributed by atoms with van der Waals surface area (Å²) in [6.45, 7) is 6.17. The van der Waals surface area contributed by atoms with Crippen LogP contribution in [-0.2, 0) is 0 Å². The maximum absolute atomic E-state index is 13.2. The van der Waals surface area contributed by atoms with Gasteiger partial charge in [0.05, 0.1) is 5.56 Å². The van der Waals surface area contributed by atoms with Gasteiger partial charge in [-0.2, -0.15) is 0 Å². The monoisotopic (exact) mass is 421 g/mol. The molecule has 3 N–H and O–H groups in total. The van der Waals surface area contributed by atoms with E-state index in [9.17, 15) is 9.59 Å². The lowest BCUT2D eigenvalue weighted by molar-refractivity contribution is 0.0724. The molecule has 164 valence electrons. The maximum atomic E-state index is 13.2. The zero-order valence-electron chi connectivity index (χ0n) is 18.1. The second kappa shape index (κ2) is 9.29. The second-order valence-corrected chi connectivity index (χ2v) is 8.40. The van der Waals surface area contributed by atoms with E-state index < -0.39 is 0 Å². The number of amides is 3. The summed E-state index contributed by atoms with van der Waals surface area (Å²) in [4.78, 5) is 31.8. The van der Waals surface area contributed by atoms with E-state index in [1.165, 1.54) is 6.42 Å². The Morgan fingerprint density at radius 1 is 0.839 bits per heavy atom. The minimum absolute atomic E-state index is 0.0570. The lowest BCUT2D eigenvalue weighted by Crippen LogP contribution is -2.50. The quantitative estimate of drug-likeness (QED) is 0.743. The fraction of sp³-hybridized carbons (Fsp3) is 0.417. The van der Waals surface area contributed by atoms with Crippen molar-refractivity contribution in [3.63, 3.8) is 0 Å². The van der Waals surface area contributed by atoms with Crippen molar-refractivity contribution in [3.8, 4) is 0 Å². The van der Waals surface area contributed by atoms with Crippen molar-refractivity contribution in [2.75, 3.05) is 55.2 Å². The number of nitrogens with zero attached hydrogens (tertiary/aromatic N) is 3. The molecule has 31 heavy (non-hydrogen) atoms. The SMILES string of the molecule is Cc1ccc(NC(=O)N2CCN(c3ccc(N)cc3C(=O)N3CCCCC3)CC2)cc1. The number of carbonyl (C=O) groups is 2. The van der Waals surface area contributed by atoms with Gasteiger partial charge in [0.25, 0.3) is 5.91 Å². The number of urea groups is 1.